The molecular formula is C22H32N2O4. The predicted octanol–water partition coefficient (Wildman–Crippen LogP) is 3.87. The first-order valence-electron chi connectivity index (χ1n) is 10.1. The quantitative estimate of drug-likeness (QED) is 0.593. The number of ether oxygens (including phenoxy) is 1. The smallest absolute Gasteiger partial charge is 0.338 e. The van der Waals surface area contributed by atoms with E-state index in [2.05, 4.69) is 5.32 Å². The third kappa shape index (κ3) is 6.08. The van der Waals surface area contributed by atoms with Crippen LogP contribution in [0.3, 0.4) is 0 Å². The zero-order valence-electron chi connectivity index (χ0n) is 17.4. The van der Waals surface area contributed by atoms with Gasteiger partial charge in [0.1, 0.15) is 0 Å². The van der Waals surface area contributed by atoms with Crippen molar-refractivity contribution in [2.24, 2.45) is 11.3 Å². The molecule has 0 saturated carbocycles. The highest BCUT2D eigenvalue weighted by atomic mass is 16.5. The molecular weight excluding hydrogens is 356 g/mol. The fourth-order valence-corrected chi connectivity index (χ4v) is 3.15. The molecule has 1 aromatic rings. The van der Waals surface area contributed by atoms with Crippen LogP contribution in [0.15, 0.2) is 24.3 Å². The Kier molecular flexibility index (Phi) is 7.61. The lowest BCUT2D eigenvalue weighted by atomic mass is 9.90. The molecule has 0 atom stereocenters. The number of unbranched alkanes of at least 4 members (excludes halogenated alkanes) is 1. The van der Waals surface area contributed by atoms with Gasteiger partial charge in [0, 0.05) is 30.1 Å². The lowest BCUT2D eigenvalue weighted by Crippen LogP contribution is -2.45. The van der Waals surface area contributed by atoms with Crippen molar-refractivity contribution in [3.63, 3.8) is 0 Å². The Morgan fingerprint density at radius 3 is 2.25 bits per heavy atom. The second-order valence-corrected chi connectivity index (χ2v) is 8.37. The molecule has 1 heterocycles. The van der Waals surface area contributed by atoms with Crippen molar-refractivity contribution < 1.29 is 19.1 Å². The molecule has 1 fully saturated rings. The summed E-state index contributed by atoms with van der Waals surface area (Å²) in [6, 6.07) is 6.75. The van der Waals surface area contributed by atoms with Gasteiger partial charge in [-0.25, -0.2) is 4.79 Å². The van der Waals surface area contributed by atoms with Gasteiger partial charge in [0.25, 0.3) is 0 Å². The average Bonchev–Trinajstić information content (AvgIpc) is 2.67. The van der Waals surface area contributed by atoms with Crippen LogP contribution in [-0.2, 0) is 14.3 Å². The van der Waals surface area contributed by atoms with E-state index < -0.39 is 5.41 Å². The number of nitrogens with zero attached hydrogens (tertiary/aromatic N) is 1. The number of piperidine rings is 1. The monoisotopic (exact) mass is 388 g/mol. The second kappa shape index (κ2) is 9.71. The molecule has 2 amide bonds. The van der Waals surface area contributed by atoms with Gasteiger partial charge in [0.15, 0.2) is 0 Å². The minimum absolute atomic E-state index is 0.0406. The molecule has 0 radical (unpaired) electrons. The Bertz CT molecular complexity index is 683. The number of rotatable bonds is 6. The molecule has 28 heavy (non-hydrogen) atoms. The van der Waals surface area contributed by atoms with Gasteiger partial charge >= 0.3 is 5.97 Å². The molecule has 0 bridgehead atoms. The van der Waals surface area contributed by atoms with Crippen LogP contribution in [0.5, 0.6) is 0 Å². The number of likely N-dealkylation sites (tertiary alicyclic amines) is 1. The van der Waals surface area contributed by atoms with Gasteiger partial charge in [0.2, 0.25) is 11.8 Å². The first-order valence-corrected chi connectivity index (χ1v) is 10.1. The summed E-state index contributed by atoms with van der Waals surface area (Å²) in [5, 5.41) is 2.91. The van der Waals surface area contributed by atoms with Gasteiger partial charge in [-0.3, -0.25) is 9.59 Å². The highest BCUT2D eigenvalue weighted by Crippen LogP contribution is 2.24. The SMILES string of the molecule is CCCCOC(=O)c1ccc(NC(=O)C2CCN(C(=O)C(C)(C)C)CC2)cc1. The van der Waals surface area contributed by atoms with Crippen LogP contribution >= 0.6 is 0 Å². The van der Waals surface area contributed by atoms with E-state index in [9.17, 15) is 14.4 Å². The topological polar surface area (TPSA) is 75.7 Å². The van der Waals surface area contributed by atoms with Gasteiger partial charge in [-0.2, -0.15) is 0 Å². The number of amides is 2. The fourth-order valence-electron chi connectivity index (χ4n) is 3.15. The van der Waals surface area contributed by atoms with E-state index in [0.29, 0.717) is 43.8 Å². The third-order valence-electron chi connectivity index (χ3n) is 4.91. The van der Waals surface area contributed by atoms with Crippen LogP contribution in [0.4, 0.5) is 5.69 Å². The third-order valence-corrected chi connectivity index (χ3v) is 4.91. The largest absolute Gasteiger partial charge is 0.462 e. The summed E-state index contributed by atoms with van der Waals surface area (Å²) in [6.07, 6.45) is 3.15. The van der Waals surface area contributed by atoms with E-state index in [1.807, 2.05) is 32.6 Å². The summed E-state index contributed by atoms with van der Waals surface area (Å²) in [5.41, 5.74) is 0.737. The predicted molar refractivity (Wildman–Crippen MR) is 109 cm³/mol. The normalized spacial score (nSPS) is 15.2. The minimum atomic E-state index is -0.394. The molecule has 0 unspecified atom stereocenters. The number of benzene rings is 1. The molecule has 154 valence electrons. The van der Waals surface area contributed by atoms with Crippen molar-refractivity contribution >= 4 is 23.5 Å². The van der Waals surface area contributed by atoms with Gasteiger partial charge in [-0.15, -0.1) is 0 Å². The molecule has 0 aromatic heterocycles. The van der Waals surface area contributed by atoms with Crippen LogP contribution in [0, 0.1) is 11.3 Å². The van der Waals surface area contributed by atoms with Crippen LogP contribution in [0.2, 0.25) is 0 Å². The number of nitrogens with one attached hydrogen (secondary N) is 1. The van der Waals surface area contributed by atoms with Gasteiger partial charge in [-0.1, -0.05) is 34.1 Å². The standard InChI is InChI=1S/C22H32N2O4/c1-5-6-15-28-20(26)17-7-9-18(10-8-17)23-19(25)16-11-13-24(14-12-16)21(27)22(2,3)4/h7-10,16H,5-6,11-15H2,1-4H3,(H,23,25). The second-order valence-electron chi connectivity index (χ2n) is 8.37. The summed E-state index contributed by atoms with van der Waals surface area (Å²) in [7, 11) is 0. The minimum Gasteiger partial charge on any atom is -0.462 e. The number of carbonyl (C=O) groups is 3. The Morgan fingerprint density at radius 1 is 1.11 bits per heavy atom. The van der Waals surface area contributed by atoms with Crippen molar-refractivity contribution in [1.82, 2.24) is 4.90 Å². The first-order chi connectivity index (χ1) is 13.2. The highest BCUT2D eigenvalue weighted by Gasteiger charge is 2.32. The molecule has 1 aromatic carbocycles. The summed E-state index contributed by atoms with van der Waals surface area (Å²) in [5.74, 6) is -0.362. The van der Waals surface area contributed by atoms with E-state index >= 15 is 0 Å². The van der Waals surface area contributed by atoms with Crippen LogP contribution in [0.1, 0.15) is 63.7 Å². The molecule has 1 aliphatic rings. The highest BCUT2D eigenvalue weighted by molar-refractivity contribution is 5.94. The fraction of sp³-hybridized carbons (Fsp3) is 0.591. The lowest BCUT2D eigenvalue weighted by Gasteiger charge is -2.35. The number of esters is 1. The van der Waals surface area contributed by atoms with Crippen LogP contribution < -0.4 is 5.32 Å². The number of hydrogen-bond donors (Lipinski definition) is 1. The molecule has 0 spiro atoms. The van der Waals surface area contributed by atoms with E-state index in [1.165, 1.54) is 0 Å². The van der Waals surface area contributed by atoms with Crippen molar-refractivity contribution in [2.75, 3.05) is 25.0 Å². The van der Waals surface area contributed by atoms with Crippen molar-refractivity contribution in [1.29, 1.82) is 0 Å². The Hall–Kier alpha value is -2.37. The van der Waals surface area contributed by atoms with Crippen LogP contribution in [-0.4, -0.2) is 42.4 Å². The Morgan fingerprint density at radius 2 is 1.71 bits per heavy atom. The first kappa shape index (κ1) is 21.9. The Labute approximate surface area is 167 Å². The summed E-state index contributed by atoms with van der Waals surface area (Å²) in [6.45, 7) is 9.42. The van der Waals surface area contributed by atoms with Crippen molar-refractivity contribution in [3.05, 3.63) is 29.8 Å². The summed E-state index contributed by atoms with van der Waals surface area (Å²) in [4.78, 5) is 38.6. The van der Waals surface area contributed by atoms with Crippen molar-refractivity contribution in [3.8, 4) is 0 Å². The molecule has 2 rings (SSSR count). The van der Waals surface area contributed by atoms with Crippen molar-refractivity contribution in [2.45, 2.75) is 53.4 Å². The molecule has 1 aliphatic heterocycles. The molecule has 1 saturated heterocycles. The van der Waals surface area contributed by atoms with Gasteiger partial charge in [-0.05, 0) is 43.5 Å². The van der Waals surface area contributed by atoms with E-state index in [0.717, 1.165) is 12.8 Å². The van der Waals surface area contributed by atoms with Gasteiger partial charge < -0.3 is 15.0 Å². The molecule has 6 nitrogen and oxygen atoms in total. The van der Waals surface area contributed by atoms with E-state index in [4.69, 9.17) is 4.74 Å². The van der Waals surface area contributed by atoms with Gasteiger partial charge in [0.05, 0.1) is 12.2 Å². The molecule has 0 aliphatic carbocycles. The van der Waals surface area contributed by atoms with E-state index in [-0.39, 0.29) is 23.7 Å². The average molecular weight is 389 g/mol. The van der Waals surface area contributed by atoms with E-state index in [1.54, 1.807) is 24.3 Å². The summed E-state index contributed by atoms with van der Waals surface area (Å²) < 4.78 is 5.18. The zero-order valence-corrected chi connectivity index (χ0v) is 17.4. The molecule has 6 heteroatoms. The molecule has 1 N–H and O–H groups in total. The lowest BCUT2D eigenvalue weighted by molar-refractivity contribution is -0.142. The Balaban J connectivity index is 1.83. The number of hydrogen-bond acceptors (Lipinski definition) is 4. The number of anilines is 1. The zero-order chi connectivity index (χ0) is 20.7. The maximum Gasteiger partial charge on any atom is 0.338 e. The van der Waals surface area contributed by atoms with Crippen LogP contribution in [0.25, 0.3) is 0 Å². The number of carbonyl (C=O) groups excluding carboxylic acids is 3. The summed E-state index contributed by atoms with van der Waals surface area (Å²) >= 11 is 0. The maximum atomic E-state index is 12.5. The maximum absolute atomic E-state index is 12.5.